The van der Waals surface area contributed by atoms with Crippen molar-refractivity contribution in [2.24, 2.45) is 11.3 Å². The highest BCUT2D eigenvalue weighted by molar-refractivity contribution is 5.80. The smallest absolute Gasteiger partial charge is 0.307 e. The van der Waals surface area contributed by atoms with Crippen molar-refractivity contribution in [2.75, 3.05) is 20.2 Å². The Hall–Kier alpha value is -2.04. The molecule has 5 nitrogen and oxygen atoms in total. The van der Waals surface area contributed by atoms with Crippen molar-refractivity contribution in [3.63, 3.8) is 0 Å². The average Bonchev–Trinajstić information content (AvgIpc) is 3.22. The van der Waals surface area contributed by atoms with Crippen molar-refractivity contribution in [1.29, 1.82) is 0 Å². The quantitative estimate of drug-likeness (QED) is 0.923. The number of hydrogen-bond acceptors (Lipinski definition) is 3. The Morgan fingerprint density at radius 3 is 2.59 bits per heavy atom. The molecule has 0 bridgehead atoms. The van der Waals surface area contributed by atoms with Gasteiger partial charge < -0.3 is 14.7 Å². The van der Waals surface area contributed by atoms with Crippen molar-refractivity contribution >= 4 is 11.9 Å². The summed E-state index contributed by atoms with van der Waals surface area (Å²) in [6.07, 6.45) is 2.72. The maximum atomic E-state index is 12.4. The predicted octanol–water partition coefficient (Wildman–Crippen LogP) is 1.95. The highest BCUT2D eigenvalue weighted by atomic mass is 16.5. The van der Waals surface area contributed by atoms with Crippen LogP contribution in [0.4, 0.5) is 0 Å². The fourth-order valence-electron chi connectivity index (χ4n) is 3.57. The number of para-hydroxylation sites is 1. The van der Waals surface area contributed by atoms with E-state index in [0.717, 1.165) is 30.6 Å². The Morgan fingerprint density at radius 2 is 2.00 bits per heavy atom. The van der Waals surface area contributed by atoms with Crippen LogP contribution in [-0.4, -0.2) is 42.1 Å². The first-order valence-corrected chi connectivity index (χ1v) is 7.68. The number of piperidine rings is 1. The zero-order valence-electron chi connectivity index (χ0n) is 12.7. The van der Waals surface area contributed by atoms with Gasteiger partial charge in [0.1, 0.15) is 5.75 Å². The summed E-state index contributed by atoms with van der Waals surface area (Å²) in [7, 11) is 1.60. The van der Waals surface area contributed by atoms with E-state index in [-0.39, 0.29) is 17.2 Å². The number of rotatable bonds is 4. The Labute approximate surface area is 129 Å². The van der Waals surface area contributed by atoms with Crippen molar-refractivity contribution < 1.29 is 19.4 Å². The van der Waals surface area contributed by atoms with Gasteiger partial charge in [-0.15, -0.1) is 0 Å². The summed E-state index contributed by atoms with van der Waals surface area (Å²) in [6.45, 7) is 1.33. The van der Waals surface area contributed by atoms with Gasteiger partial charge in [-0.1, -0.05) is 18.2 Å². The van der Waals surface area contributed by atoms with Gasteiger partial charge in [-0.2, -0.15) is 0 Å². The summed E-state index contributed by atoms with van der Waals surface area (Å²) in [5.41, 5.74) is 0.859. The van der Waals surface area contributed by atoms with Gasteiger partial charge in [-0.25, -0.2) is 0 Å². The molecule has 1 atom stereocenters. The molecule has 1 aliphatic carbocycles. The van der Waals surface area contributed by atoms with Gasteiger partial charge in [0.15, 0.2) is 0 Å². The topological polar surface area (TPSA) is 66.8 Å². The molecule has 1 N–H and O–H groups in total. The minimum absolute atomic E-state index is 0.0347. The largest absolute Gasteiger partial charge is 0.496 e. The van der Waals surface area contributed by atoms with Crippen LogP contribution in [0.2, 0.25) is 0 Å². The van der Waals surface area contributed by atoms with E-state index in [1.54, 1.807) is 7.11 Å². The summed E-state index contributed by atoms with van der Waals surface area (Å²) in [4.78, 5) is 25.4. The van der Waals surface area contributed by atoms with Crippen LogP contribution >= 0.6 is 0 Å². The van der Waals surface area contributed by atoms with Crippen LogP contribution in [0.3, 0.4) is 0 Å². The number of carboxylic acids is 1. The molecule has 1 unspecified atom stereocenters. The number of benzene rings is 1. The average molecular weight is 303 g/mol. The number of aliphatic carboxylic acids is 1. The molecule has 22 heavy (non-hydrogen) atoms. The molecular weight excluding hydrogens is 282 g/mol. The first-order chi connectivity index (χ1) is 10.6. The summed E-state index contributed by atoms with van der Waals surface area (Å²) < 4.78 is 5.28. The van der Waals surface area contributed by atoms with Crippen LogP contribution in [0.25, 0.3) is 0 Å². The van der Waals surface area contributed by atoms with E-state index in [2.05, 4.69) is 0 Å². The molecule has 1 saturated heterocycles. The monoisotopic (exact) mass is 303 g/mol. The lowest BCUT2D eigenvalue weighted by Crippen LogP contribution is -2.40. The van der Waals surface area contributed by atoms with Gasteiger partial charge in [0.25, 0.3) is 0 Å². The molecule has 2 fully saturated rings. The van der Waals surface area contributed by atoms with E-state index >= 15 is 0 Å². The minimum Gasteiger partial charge on any atom is -0.496 e. The van der Waals surface area contributed by atoms with Gasteiger partial charge in [0.2, 0.25) is 5.91 Å². The molecular formula is C17H21NO4. The Morgan fingerprint density at radius 1 is 1.32 bits per heavy atom. The second kappa shape index (κ2) is 5.63. The number of amides is 1. The maximum absolute atomic E-state index is 12.4. The molecule has 1 aliphatic heterocycles. The second-order valence-electron chi connectivity index (χ2n) is 6.33. The molecule has 3 rings (SSSR count). The Balaban J connectivity index is 1.58. The molecule has 0 radical (unpaired) electrons. The lowest BCUT2D eigenvalue weighted by Gasteiger charge is -2.32. The molecule has 1 spiro atoms. The SMILES string of the molecule is COc1ccccc1CC(=O)N1CCC2(CC1)CC2C(=O)O. The first-order valence-electron chi connectivity index (χ1n) is 7.68. The number of likely N-dealkylation sites (tertiary alicyclic amines) is 1. The van der Waals surface area contributed by atoms with Gasteiger partial charge in [0.05, 0.1) is 19.4 Å². The fourth-order valence-corrected chi connectivity index (χ4v) is 3.57. The predicted molar refractivity (Wildman–Crippen MR) is 80.7 cm³/mol. The van der Waals surface area contributed by atoms with Gasteiger partial charge in [-0.3, -0.25) is 9.59 Å². The number of hydrogen-bond donors (Lipinski definition) is 1. The summed E-state index contributed by atoms with van der Waals surface area (Å²) in [5, 5.41) is 9.10. The van der Waals surface area contributed by atoms with Crippen molar-refractivity contribution in [3.05, 3.63) is 29.8 Å². The fraction of sp³-hybridized carbons (Fsp3) is 0.529. The minimum atomic E-state index is -0.686. The van der Waals surface area contributed by atoms with Crippen LogP contribution in [0, 0.1) is 11.3 Å². The highest BCUT2D eigenvalue weighted by Gasteiger charge is 2.59. The molecule has 0 aromatic heterocycles. The summed E-state index contributed by atoms with van der Waals surface area (Å²) in [5.74, 6) is -0.0582. The summed E-state index contributed by atoms with van der Waals surface area (Å²) >= 11 is 0. The van der Waals surface area contributed by atoms with E-state index in [4.69, 9.17) is 9.84 Å². The Bertz CT molecular complexity index is 590. The molecule has 5 heteroatoms. The van der Waals surface area contributed by atoms with E-state index in [9.17, 15) is 9.59 Å². The lowest BCUT2D eigenvalue weighted by molar-refractivity contribution is -0.139. The third-order valence-corrected chi connectivity index (χ3v) is 5.13. The lowest BCUT2D eigenvalue weighted by atomic mass is 9.90. The van der Waals surface area contributed by atoms with Crippen LogP contribution in [-0.2, 0) is 16.0 Å². The number of carboxylic acid groups (broad SMARTS) is 1. The number of methoxy groups -OCH3 is 1. The van der Waals surface area contributed by atoms with Crippen LogP contribution < -0.4 is 4.74 Å². The molecule has 1 aromatic rings. The van der Waals surface area contributed by atoms with E-state index < -0.39 is 5.97 Å². The van der Waals surface area contributed by atoms with Crippen molar-refractivity contribution in [1.82, 2.24) is 4.90 Å². The second-order valence-corrected chi connectivity index (χ2v) is 6.33. The molecule has 1 saturated carbocycles. The number of carbonyl (C=O) groups excluding carboxylic acids is 1. The van der Waals surface area contributed by atoms with Crippen LogP contribution in [0.15, 0.2) is 24.3 Å². The highest BCUT2D eigenvalue weighted by Crippen LogP contribution is 2.59. The van der Waals surface area contributed by atoms with Crippen LogP contribution in [0.5, 0.6) is 5.75 Å². The molecule has 1 heterocycles. The number of carbonyl (C=O) groups is 2. The molecule has 2 aliphatic rings. The Kier molecular flexibility index (Phi) is 3.81. The summed E-state index contributed by atoms with van der Waals surface area (Å²) in [6, 6.07) is 7.55. The number of nitrogens with zero attached hydrogens (tertiary/aromatic N) is 1. The number of ether oxygens (including phenoxy) is 1. The zero-order valence-corrected chi connectivity index (χ0v) is 12.7. The van der Waals surface area contributed by atoms with Gasteiger partial charge in [0, 0.05) is 18.7 Å². The van der Waals surface area contributed by atoms with E-state index in [1.807, 2.05) is 29.2 Å². The zero-order chi connectivity index (χ0) is 15.7. The molecule has 1 aromatic carbocycles. The third kappa shape index (κ3) is 2.67. The standard InChI is InChI=1S/C17H21NO4/c1-22-14-5-3-2-4-12(14)10-15(19)18-8-6-17(7-9-18)11-13(17)16(20)21/h2-5,13H,6-11H2,1H3,(H,20,21). The molecule has 1 amide bonds. The van der Waals surface area contributed by atoms with E-state index in [1.165, 1.54) is 0 Å². The third-order valence-electron chi connectivity index (χ3n) is 5.13. The molecule has 118 valence electrons. The van der Waals surface area contributed by atoms with Crippen molar-refractivity contribution in [3.8, 4) is 5.75 Å². The van der Waals surface area contributed by atoms with Gasteiger partial charge >= 0.3 is 5.97 Å². The maximum Gasteiger partial charge on any atom is 0.307 e. The normalized spacial score (nSPS) is 22.4. The first kappa shape index (κ1) is 14.9. The van der Waals surface area contributed by atoms with Crippen LogP contribution in [0.1, 0.15) is 24.8 Å². The van der Waals surface area contributed by atoms with Gasteiger partial charge in [-0.05, 0) is 30.7 Å². The van der Waals surface area contributed by atoms with Crippen molar-refractivity contribution in [2.45, 2.75) is 25.7 Å². The van der Waals surface area contributed by atoms with E-state index in [0.29, 0.717) is 19.5 Å².